The van der Waals surface area contributed by atoms with Crippen molar-refractivity contribution >= 4 is 16.8 Å². The Labute approximate surface area is 52.6 Å². The van der Waals surface area contributed by atoms with Crippen molar-refractivity contribution in [2.45, 2.75) is 0 Å². The van der Waals surface area contributed by atoms with Crippen LogP contribution >= 0.6 is 11.6 Å². The molecule has 0 unspecified atom stereocenters. The van der Waals surface area contributed by atoms with Crippen molar-refractivity contribution in [1.82, 2.24) is 10.5 Å². The van der Waals surface area contributed by atoms with Crippen LogP contribution in [0, 0.1) is 0 Å². The average Bonchev–Trinajstić information content (AvgIpc) is 1.64. The molecule has 0 radical (unpaired) electrons. The number of hydrazone groups is 1. The van der Waals surface area contributed by atoms with Gasteiger partial charge in [-0.1, -0.05) is 11.6 Å². The second-order valence-electron chi connectivity index (χ2n) is 1.41. The zero-order valence-electron chi connectivity index (χ0n) is 4.43. The van der Waals surface area contributed by atoms with Crippen LogP contribution in [0.25, 0.3) is 0 Å². The highest BCUT2D eigenvalue weighted by Gasteiger charge is 1.94. The van der Waals surface area contributed by atoms with E-state index in [9.17, 15) is 0 Å². The van der Waals surface area contributed by atoms with Crippen LogP contribution in [0.15, 0.2) is 17.4 Å². The molecule has 0 aliphatic carbocycles. The molecule has 1 aliphatic rings. The lowest BCUT2D eigenvalue weighted by Gasteiger charge is -2.14. The highest BCUT2D eigenvalue weighted by Crippen LogP contribution is 1.94. The van der Waals surface area contributed by atoms with Crippen molar-refractivity contribution in [3.63, 3.8) is 0 Å². The fourth-order valence-electron chi connectivity index (χ4n) is 0.419. The molecule has 3 nitrogen and oxygen atoms in total. The molecule has 0 saturated heterocycles. The Bertz CT molecular complexity index is 140. The Morgan fingerprint density at radius 3 is 3.00 bits per heavy atom. The van der Waals surface area contributed by atoms with Gasteiger partial charge in [0.05, 0.1) is 0 Å². The topological polar surface area (TPSA) is 27.6 Å². The molecule has 0 spiro atoms. The Kier molecular flexibility index (Phi) is 1.39. The predicted molar refractivity (Wildman–Crippen MR) is 33.3 cm³/mol. The lowest BCUT2D eigenvalue weighted by Crippen LogP contribution is -2.27. The van der Waals surface area contributed by atoms with E-state index < -0.39 is 0 Å². The van der Waals surface area contributed by atoms with Crippen molar-refractivity contribution < 1.29 is 0 Å². The number of halogens is 1. The third kappa shape index (κ3) is 1.13. The third-order valence-corrected chi connectivity index (χ3v) is 0.929. The summed E-state index contributed by atoms with van der Waals surface area (Å²) in [6.07, 6.45) is 3.40. The van der Waals surface area contributed by atoms with Gasteiger partial charge in [0, 0.05) is 13.2 Å². The van der Waals surface area contributed by atoms with E-state index in [0.29, 0.717) is 5.17 Å². The van der Waals surface area contributed by atoms with E-state index in [1.165, 1.54) is 5.12 Å². The number of hydrazine groups is 1. The fourth-order valence-corrected chi connectivity index (χ4v) is 0.596. The Hall–Kier alpha value is -0.700. The van der Waals surface area contributed by atoms with Gasteiger partial charge in [-0.05, 0) is 6.08 Å². The molecular formula is C4H6ClN3. The molecule has 0 fully saturated rings. The van der Waals surface area contributed by atoms with Gasteiger partial charge < -0.3 is 0 Å². The molecule has 1 rings (SSSR count). The Balaban J connectivity index is 2.63. The molecule has 1 N–H and O–H groups in total. The number of nitrogens with zero attached hydrogens (tertiary/aromatic N) is 2. The highest BCUT2D eigenvalue weighted by atomic mass is 35.5. The summed E-state index contributed by atoms with van der Waals surface area (Å²) < 4.78 is 0. The highest BCUT2D eigenvalue weighted by molar-refractivity contribution is 6.68. The van der Waals surface area contributed by atoms with Crippen molar-refractivity contribution in [2.75, 3.05) is 7.05 Å². The van der Waals surface area contributed by atoms with Gasteiger partial charge in [0.25, 0.3) is 0 Å². The summed E-state index contributed by atoms with van der Waals surface area (Å²) in [5.41, 5.74) is 2.79. The molecule has 1 heterocycles. The van der Waals surface area contributed by atoms with Gasteiger partial charge >= 0.3 is 0 Å². The molecule has 0 saturated carbocycles. The normalized spacial score (nSPS) is 17.8. The van der Waals surface area contributed by atoms with Crippen molar-refractivity contribution in [1.29, 1.82) is 0 Å². The maximum absolute atomic E-state index is 5.49. The van der Waals surface area contributed by atoms with Gasteiger partial charge in [-0.15, -0.1) is 5.10 Å². The van der Waals surface area contributed by atoms with E-state index >= 15 is 0 Å². The van der Waals surface area contributed by atoms with Crippen LogP contribution in [0.2, 0.25) is 0 Å². The quantitative estimate of drug-likeness (QED) is 0.519. The summed E-state index contributed by atoms with van der Waals surface area (Å²) in [7, 11) is 1.77. The fraction of sp³-hybridized carbons (Fsp3) is 0.250. The summed E-state index contributed by atoms with van der Waals surface area (Å²) in [5, 5.41) is 5.82. The van der Waals surface area contributed by atoms with Gasteiger partial charge in [-0.2, -0.15) is 0 Å². The number of hydrogen-bond acceptors (Lipinski definition) is 3. The van der Waals surface area contributed by atoms with Crippen LogP contribution in [-0.4, -0.2) is 17.3 Å². The van der Waals surface area contributed by atoms with E-state index in [4.69, 9.17) is 11.6 Å². The van der Waals surface area contributed by atoms with Crippen LogP contribution in [0.5, 0.6) is 0 Å². The number of nitrogens with one attached hydrogen (secondary N) is 1. The average molecular weight is 132 g/mol. The summed E-state index contributed by atoms with van der Waals surface area (Å²) in [6.45, 7) is 0. The molecule has 44 valence electrons. The van der Waals surface area contributed by atoms with E-state index in [1.807, 2.05) is 0 Å². The summed E-state index contributed by atoms with van der Waals surface area (Å²) in [5.74, 6) is 0. The van der Waals surface area contributed by atoms with Crippen LogP contribution in [0.4, 0.5) is 0 Å². The summed E-state index contributed by atoms with van der Waals surface area (Å²) in [6, 6.07) is 0. The monoisotopic (exact) mass is 131 g/mol. The first kappa shape index (κ1) is 5.44. The first-order valence-electron chi connectivity index (χ1n) is 2.19. The van der Waals surface area contributed by atoms with Gasteiger partial charge in [0.15, 0.2) is 5.17 Å². The summed E-state index contributed by atoms with van der Waals surface area (Å²) >= 11 is 5.49. The zero-order chi connectivity index (χ0) is 5.98. The van der Waals surface area contributed by atoms with Crippen LogP contribution in [-0.2, 0) is 0 Å². The van der Waals surface area contributed by atoms with Crippen LogP contribution in [0.3, 0.4) is 0 Å². The SMILES string of the molecule is CN1N=C(Cl)C=CN1. The van der Waals surface area contributed by atoms with Gasteiger partial charge in [-0.3, -0.25) is 5.43 Å². The Morgan fingerprint density at radius 2 is 2.62 bits per heavy atom. The van der Waals surface area contributed by atoms with E-state index in [1.54, 1.807) is 19.3 Å². The minimum atomic E-state index is 0.492. The van der Waals surface area contributed by atoms with Crippen LogP contribution < -0.4 is 5.43 Å². The zero-order valence-corrected chi connectivity index (χ0v) is 5.18. The summed E-state index contributed by atoms with van der Waals surface area (Å²) in [4.78, 5) is 0. The first-order valence-corrected chi connectivity index (χ1v) is 2.57. The van der Waals surface area contributed by atoms with E-state index in [2.05, 4.69) is 10.5 Å². The smallest absolute Gasteiger partial charge is 0.152 e. The molecule has 0 aromatic rings. The van der Waals surface area contributed by atoms with Gasteiger partial charge in [-0.25, -0.2) is 5.12 Å². The maximum Gasteiger partial charge on any atom is 0.152 e. The lowest BCUT2D eigenvalue weighted by atomic mass is 10.6. The van der Waals surface area contributed by atoms with E-state index in [0.717, 1.165) is 0 Å². The number of allylic oxidation sites excluding steroid dienone is 1. The molecule has 4 heteroatoms. The molecule has 0 atom stereocenters. The minimum Gasteiger partial charge on any atom is -0.290 e. The largest absolute Gasteiger partial charge is 0.290 e. The van der Waals surface area contributed by atoms with Gasteiger partial charge in [0.2, 0.25) is 0 Å². The molecule has 0 aromatic heterocycles. The number of hydrogen-bond donors (Lipinski definition) is 1. The molecule has 1 aliphatic heterocycles. The predicted octanol–water partition coefficient (Wildman–Crippen LogP) is 0.502. The molecule has 0 amide bonds. The minimum absolute atomic E-state index is 0.492. The van der Waals surface area contributed by atoms with E-state index in [-0.39, 0.29) is 0 Å². The molecule has 8 heavy (non-hydrogen) atoms. The standard InChI is InChI=1S/C4H6ClN3/c1-8-6-3-2-4(5)7-8/h2-3,6H,1H3. The van der Waals surface area contributed by atoms with Gasteiger partial charge in [0.1, 0.15) is 0 Å². The molecule has 0 bridgehead atoms. The van der Waals surface area contributed by atoms with Crippen molar-refractivity contribution in [3.05, 3.63) is 12.3 Å². The van der Waals surface area contributed by atoms with Crippen LogP contribution in [0.1, 0.15) is 0 Å². The molecule has 0 aromatic carbocycles. The Morgan fingerprint density at radius 1 is 1.88 bits per heavy atom. The first-order chi connectivity index (χ1) is 3.79. The molecular weight excluding hydrogens is 126 g/mol. The second-order valence-corrected chi connectivity index (χ2v) is 1.80. The third-order valence-electron chi connectivity index (χ3n) is 0.728. The maximum atomic E-state index is 5.49. The lowest BCUT2D eigenvalue weighted by molar-refractivity contribution is 0.290. The van der Waals surface area contributed by atoms with Crippen molar-refractivity contribution in [3.8, 4) is 0 Å². The second kappa shape index (κ2) is 2.05. The number of rotatable bonds is 0. The van der Waals surface area contributed by atoms with Crippen molar-refractivity contribution in [2.24, 2.45) is 5.10 Å².